The van der Waals surface area contributed by atoms with Crippen LogP contribution >= 0.6 is 0 Å². The molecule has 3 heteroatoms. The average molecular weight is 210 g/mol. The van der Waals surface area contributed by atoms with E-state index in [9.17, 15) is 4.79 Å². The van der Waals surface area contributed by atoms with Gasteiger partial charge in [-0.2, -0.15) is 0 Å². The Labute approximate surface area is 92.2 Å². The van der Waals surface area contributed by atoms with Gasteiger partial charge in [0.15, 0.2) is 0 Å². The monoisotopic (exact) mass is 210 g/mol. The molecule has 1 amide bonds. The van der Waals surface area contributed by atoms with Crippen LogP contribution in [-0.4, -0.2) is 36.5 Å². The zero-order valence-corrected chi connectivity index (χ0v) is 9.83. The van der Waals surface area contributed by atoms with Gasteiger partial charge in [-0.25, -0.2) is 0 Å². The Morgan fingerprint density at radius 3 is 2.47 bits per heavy atom. The molecule has 0 spiro atoms. The number of piperidine rings is 1. The third-order valence-corrected chi connectivity index (χ3v) is 3.76. The molecule has 2 unspecified atom stereocenters. The lowest BCUT2D eigenvalue weighted by Crippen LogP contribution is -2.42. The number of nitrogens with one attached hydrogen (secondary N) is 1. The standard InChI is InChI=1S/C12H22N2O/c1-9-7-10(2)14(8-9)12(15)11-3-5-13-6-4-11/h9-11,13H,3-8H2,1-2H3. The highest BCUT2D eigenvalue weighted by Gasteiger charge is 2.33. The van der Waals surface area contributed by atoms with Crippen LogP contribution in [-0.2, 0) is 4.79 Å². The molecule has 0 radical (unpaired) electrons. The molecule has 3 nitrogen and oxygen atoms in total. The van der Waals surface area contributed by atoms with E-state index in [-0.39, 0.29) is 0 Å². The number of hydrogen-bond acceptors (Lipinski definition) is 2. The number of likely N-dealkylation sites (tertiary alicyclic amines) is 1. The van der Waals surface area contributed by atoms with Crippen LogP contribution in [0.5, 0.6) is 0 Å². The van der Waals surface area contributed by atoms with Crippen LogP contribution in [0.4, 0.5) is 0 Å². The molecule has 0 saturated carbocycles. The van der Waals surface area contributed by atoms with Gasteiger partial charge < -0.3 is 10.2 Å². The second-order valence-electron chi connectivity index (χ2n) is 5.20. The summed E-state index contributed by atoms with van der Waals surface area (Å²) in [6.45, 7) is 7.42. The van der Waals surface area contributed by atoms with E-state index in [1.807, 2.05) is 0 Å². The van der Waals surface area contributed by atoms with E-state index in [2.05, 4.69) is 24.1 Å². The van der Waals surface area contributed by atoms with Crippen molar-refractivity contribution in [1.82, 2.24) is 10.2 Å². The highest BCUT2D eigenvalue weighted by atomic mass is 16.2. The van der Waals surface area contributed by atoms with Gasteiger partial charge in [0.1, 0.15) is 0 Å². The van der Waals surface area contributed by atoms with E-state index < -0.39 is 0 Å². The number of rotatable bonds is 1. The lowest BCUT2D eigenvalue weighted by molar-refractivity contribution is -0.137. The maximum Gasteiger partial charge on any atom is 0.226 e. The quantitative estimate of drug-likeness (QED) is 0.706. The Morgan fingerprint density at radius 1 is 1.27 bits per heavy atom. The van der Waals surface area contributed by atoms with Crippen molar-refractivity contribution in [2.45, 2.75) is 39.2 Å². The van der Waals surface area contributed by atoms with Crippen molar-refractivity contribution >= 4 is 5.91 Å². The molecular weight excluding hydrogens is 188 g/mol. The summed E-state index contributed by atoms with van der Waals surface area (Å²) in [6.07, 6.45) is 3.23. The Hall–Kier alpha value is -0.570. The molecule has 86 valence electrons. The molecule has 2 aliphatic rings. The SMILES string of the molecule is CC1CC(C)N(C(=O)C2CCNCC2)C1. The Morgan fingerprint density at radius 2 is 1.93 bits per heavy atom. The molecule has 15 heavy (non-hydrogen) atoms. The smallest absolute Gasteiger partial charge is 0.226 e. The summed E-state index contributed by atoms with van der Waals surface area (Å²) in [4.78, 5) is 14.4. The van der Waals surface area contributed by atoms with E-state index in [0.717, 1.165) is 32.5 Å². The zero-order valence-electron chi connectivity index (χ0n) is 9.83. The summed E-state index contributed by atoms with van der Waals surface area (Å²) in [5.74, 6) is 1.39. The second-order valence-corrected chi connectivity index (χ2v) is 5.20. The minimum Gasteiger partial charge on any atom is -0.339 e. The number of amides is 1. The maximum absolute atomic E-state index is 12.3. The minimum absolute atomic E-state index is 0.291. The number of nitrogens with zero attached hydrogens (tertiary/aromatic N) is 1. The molecular formula is C12H22N2O. The van der Waals surface area contributed by atoms with Gasteiger partial charge in [0, 0.05) is 18.5 Å². The van der Waals surface area contributed by atoms with Crippen LogP contribution in [0, 0.1) is 11.8 Å². The fourth-order valence-corrected chi connectivity index (χ4v) is 2.91. The summed E-state index contributed by atoms with van der Waals surface area (Å²) >= 11 is 0. The van der Waals surface area contributed by atoms with Crippen molar-refractivity contribution in [3.8, 4) is 0 Å². The molecule has 0 aromatic carbocycles. The van der Waals surface area contributed by atoms with E-state index in [0.29, 0.717) is 23.8 Å². The zero-order chi connectivity index (χ0) is 10.8. The summed E-state index contributed by atoms with van der Waals surface area (Å²) in [5, 5.41) is 3.31. The Bertz CT molecular complexity index is 236. The van der Waals surface area contributed by atoms with E-state index in [1.165, 1.54) is 6.42 Å². The first-order chi connectivity index (χ1) is 7.18. The highest BCUT2D eigenvalue weighted by Crippen LogP contribution is 2.26. The lowest BCUT2D eigenvalue weighted by Gasteiger charge is -2.29. The Balaban J connectivity index is 1.94. The molecule has 0 aliphatic carbocycles. The van der Waals surface area contributed by atoms with Crippen LogP contribution in [0.15, 0.2) is 0 Å². The van der Waals surface area contributed by atoms with Crippen molar-refractivity contribution in [3.05, 3.63) is 0 Å². The average Bonchev–Trinajstić information content (AvgIpc) is 2.58. The first-order valence-electron chi connectivity index (χ1n) is 6.19. The highest BCUT2D eigenvalue weighted by molar-refractivity contribution is 5.79. The van der Waals surface area contributed by atoms with Crippen LogP contribution in [0.3, 0.4) is 0 Å². The van der Waals surface area contributed by atoms with Gasteiger partial charge in [0.2, 0.25) is 5.91 Å². The summed E-state index contributed by atoms with van der Waals surface area (Å²) in [6, 6.07) is 0.461. The molecule has 1 N–H and O–H groups in total. The van der Waals surface area contributed by atoms with Crippen molar-refractivity contribution in [1.29, 1.82) is 0 Å². The summed E-state index contributed by atoms with van der Waals surface area (Å²) in [7, 11) is 0. The molecule has 0 aromatic rings. The molecule has 2 rings (SSSR count). The van der Waals surface area contributed by atoms with Crippen molar-refractivity contribution in [2.75, 3.05) is 19.6 Å². The third kappa shape index (κ3) is 2.33. The van der Waals surface area contributed by atoms with Gasteiger partial charge in [-0.3, -0.25) is 4.79 Å². The fourth-order valence-electron chi connectivity index (χ4n) is 2.91. The van der Waals surface area contributed by atoms with E-state index >= 15 is 0 Å². The van der Waals surface area contributed by atoms with Crippen molar-refractivity contribution in [3.63, 3.8) is 0 Å². The van der Waals surface area contributed by atoms with Crippen molar-refractivity contribution < 1.29 is 4.79 Å². The van der Waals surface area contributed by atoms with Gasteiger partial charge in [-0.05, 0) is 45.2 Å². The molecule has 2 atom stereocenters. The van der Waals surface area contributed by atoms with Crippen LogP contribution in [0.1, 0.15) is 33.1 Å². The minimum atomic E-state index is 0.291. The number of hydrogen-bond donors (Lipinski definition) is 1. The van der Waals surface area contributed by atoms with Gasteiger partial charge in [-0.15, -0.1) is 0 Å². The number of carbonyl (C=O) groups is 1. The third-order valence-electron chi connectivity index (χ3n) is 3.76. The van der Waals surface area contributed by atoms with Crippen LogP contribution in [0.2, 0.25) is 0 Å². The predicted octanol–water partition coefficient (Wildman–Crippen LogP) is 1.24. The van der Waals surface area contributed by atoms with Crippen LogP contribution < -0.4 is 5.32 Å². The van der Waals surface area contributed by atoms with Gasteiger partial charge in [0.25, 0.3) is 0 Å². The summed E-state index contributed by atoms with van der Waals surface area (Å²) in [5.41, 5.74) is 0. The Kier molecular flexibility index (Phi) is 3.29. The normalized spacial score (nSPS) is 33.3. The fraction of sp³-hybridized carbons (Fsp3) is 0.917. The molecule has 0 aromatic heterocycles. The van der Waals surface area contributed by atoms with Gasteiger partial charge in [0.05, 0.1) is 0 Å². The van der Waals surface area contributed by atoms with Crippen LogP contribution in [0.25, 0.3) is 0 Å². The lowest BCUT2D eigenvalue weighted by atomic mass is 9.96. The molecule has 2 fully saturated rings. The molecule has 0 bridgehead atoms. The number of carbonyl (C=O) groups excluding carboxylic acids is 1. The topological polar surface area (TPSA) is 32.3 Å². The van der Waals surface area contributed by atoms with Gasteiger partial charge in [-0.1, -0.05) is 6.92 Å². The first kappa shape index (κ1) is 10.9. The van der Waals surface area contributed by atoms with Gasteiger partial charge >= 0.3 is 0 Å². The summed E-state index contributed by atoms with van der Waals surface area (Å²) < 4.78 is 0. The molecule has 2 aliphatic heterocycles. The maximum atomic E-state index is 12.3. The second kappa shape index (κ2) is 4.52. The molecule has 2 saturated heterocycles. The predicted molar refractivity (Wildman–Crippen MR) is 60.5 cm³/mol. The largest absolute Gasteiger partial charge is 0.339 e. The molecule has 2 heterocycles. The first-order valence-corrected chi connectivity index (χ1v) is 6.19. The van der Waals surface area contributed by atoms with Crippen molar-refractivity contribution in [2.24, 2.45) is 11.8 Å². The van der Waals surface area contributed by atoms with E-state index in [1.54, 1.807) is 0 Å². The van der Waals surface area contributed by atoms with E-state index in [4.69, 9.17) is 0 Å².